The van der Waals surface area contributed by atoms with Gasteiger partial charge in [-0.2, -0.15) is 0 Å². The number of nitrogens with zero attached hydrogens (tertiary/aromatic N) is 1. The fourth-order valence-corrected chi connectivity index (χ4v) is 8.60. The van der Waals surface area contributed by atoms with Gasteiger partial charge in [-0.1, -0.05) is 170 Å². The molecule has 282 valence electrons. The van der Waals surface area contributed by atoms with Crippen LogP contribution >= 0.6 is 0 Å². The molecule has 0 radical (unpaired) electrons. The molecule has 0 saturated carbocycles. The Morgan fingerprint density at radius 3 is 1.50 bits per heavy atom. The van der Waals surface area contributed by atoms with Gasteiger partial charge in [-0.3, -0.25) is 0 Å². The lowest BCUT2D eigenvalue weighted by Gasteiger charge is -2.28. The second-order valence-electron chi connectivity index (χ2n) is 15.3. The number of anilines is 3. The molecule has 10 aromatic carbocycles. The van der Waals surface area contributed by atoms with Crippen molar-refractivity contribution in [3.05, 3.63) is 237 Å². The standard InChI is InChI=1S/C58H39NO/c1-2-12-40(13-3-1)46-17-11-19-50(38-46)53-20-6-8-22-56(53)59(52-33-28-43(29-34-52)49-30-35-55-54-21-7-9-23-57(54)60-58(55)39-49)51-31-26-42(27-32-51)45-16-10-18-47(36-45)48-25-24-41-14-4-5-15-44(41)37-48/h1-39H. The Bertz CT molecular complexity index is 3310. The van der Waals surface area contributed by atoms with Gasteiger partial charge in [-0.15, -0.1) is 0 Å². The van der Waals surface area contributed by atoms with Crippen LogP contribution < -0.4 is 4.90 Å². The van der Waals surface area contributed by atoms with E-state index in [-0.39, 0.29) is 0 Å². The molecule has 0 fully saturated rings. The number of rotatable bonds is 8. The summed E-state index contributed by atoms with van der Waals surface area (Å²) in [6.07, 6.45) is 0. The minimum Gasteiger partial charge on any atom is -0.456 e. The Morgan fingerprint density at radius 1 is 0.267 bits per heavy atom. The van der Waals surface area contributed by atoms with E-state index < -0.39 is 0 Å². The van der Waals surface area contributed by atoms with E-state index in [1.54, 1.807) is 0 Å². The van der Waals surface area contributed by atoms with Crippen molar-refractivity contribution in [2.45, 2.75) is 0 Å². The molecule has 0 aliphatic rings. The molecule has 0 unspecified atom stereocenters. The lowest BCUT2D eigenvalue weighted by atomic mass is 9.96. The summed E-state index contributed by atoms with van der Waals surface area (Å²) in [5.74, 6) is 0. The first kappa shape index (κ1) is 35.2. The van der Waals surface area contributed by atoms with Crippen molar-refractivity contribution in [3.8, 4) is 55.6 Å². The van der Waals surface area contributed by atoms with Gasteiger partial charge in [0, 0.05) is 27.7 Å². The molecule has 1 aromatic heterocycles. The molecule has 0 spiro atoms. The summed E-state index contributed by atoms with van der Waals surface area (Å²) in [6.45, 7) is 0. The second kappa shape index (κ2) is 15.1. The van der Waals surface area contributed by atoms with Gasteiger partial charge >= 0.3 is 0 Å². The van der Waals surface area contributed by atoms with Crippen molar-refractivity contribution < 1.29 is 4.42 Å². The number of benzene rings is 10. The normalized spacial score (nSPS) is 11.3. The summed E-state index contributed by atoms with van der Waals surface area (Å²) in [5, 5.41) is 4.77. The van der Waals surface area contributed by atoms with Crippen LogP contribution in [0.5, 0.6) is 0 Å². The molecule has 0 bridgehead atoms. The predicted molar refractivity (Wildman–Crippen MR) is 253 cm³/mol. The van der Waals surface area contributed by atoms with Gasteiger partial charge in [0.25, 0.3) is 0 Å². The van der Waals surface area contributed by atoms with Crippen LogP contribution in [0.4, 0.5) is 17.1 Å². The summed E-state index contributed by atoms with van der Waals surface area (Å²) in [6, 6.07) is 85.0. The summed E-state index contributed by atoms with van der Waals surface area (Å²) in [5.41, 5.74) is 16.8. The maximum absolute atomic E-state index is 6.26. The van der Waals surface area contributed by atoms with Gasteiger partial charge in [0.2, 0.25) is 0 Å². The highest BCUT2D eigenvalue weighted by Gasteiger charge is 2.18. The van der Waals surface area contributed by atoms with Crippen LogP contribution in [0.1, 0.15) is 0 Å². The number of hydrogen-bond acceptors (Lipinski definition) is 2. The van der Waals surface area contributed by atoms with Gasteiger partial charge in [0.05, 0.1) is 5.69 Å². The highest BCUT2D eigenvalue weighted by molar-refractivity contribution is 6.06. The number of para-hydroxylation sites is 2. The van der Waals surface area contributed by atoms with Crippen molar-refractivity contribution >= 4 is 49.8 Å². The molecule has 2 nitrogen and oxygen atoms in total. The Labute approximate surface area is 349 Å². The third-order valence-electron chi connectivity index (χ3n) is 11.7. The van der Waals surface area contributed by atoms with Crippen molar-refractivity contribution in [1.82, 2.24) is 0 Å². The fraction of sp³-hybridized carbons (Fsp3) is 0. The molecule has 11 rings (SSSR count). The van der Waals surface area contributed by atoms with Crippen LogP contribution in [0.15, 0.2) is 241 Å². The second-order valence-corrected chi connectivity index (χ2v) is 15.3. The molecule has 0 atom stereocenters. The monoisotopic (exact) mass is 765 g/mol. The largest absolute Gasteiger partial charge is 0.456 e. The van der Waals surface area contributed by atoms with Gasteiger partial charge < -0.3 is 9.32 Å². The van der Waals surface area contributed by atoms with E-state index in [1.165, 1.54) is 44.2 Å². The summed E-state index contributed by atoms with van der Waals surface area (Å²) in [4.78, 5) is 2.38. The predicted octanol–water partition coefficient (Wildman–Crippen LogP) is 16.5. The molecule has 2 heteroatoms. The quantitative estimate of drug-likeness (QED) is 0.153. The van der Waals surface area contributed by atoms with E-state index in [0.29, 0.717) is 0 Å². The average Bonchev–Trinajstić information content (AvgIpc) is 3.70. The van der Waals surface area contributed by atoms with Crippen molar-refractivity contribution in [1.29, 1.82) is 0 Å². The minimum absolute atomic E-state index is 0.897. The Kier molecular flexibility index (Phi) is 8.87. The van der Waals surface area contributed by atoms with Crippen molar-refractivity contribution in [2.75, 3.05) is 4.90 Å². The molecule has 0 saturated heterocycles. The van der Waals surface area contributed by atoms with Crippen LogP contribution in [0.25, 0.3) is 88.3 Å². The number of hydrogen-bond donors (Lipinski definition) is 0. The van der Waals surface area contributed by atoms with Gasteiger partial charge in [0.15, 0.2) is 0 Å². The number of furan rings is 1. The first-order valence-corrected chi connectivity index (χ1v) is 20.5. The van der Waals surface area contributed by atoms with Crippen molar-refractivity contribution in [3.63, 3.8) is 0 Å². The lowest BCUT2D eigenvalue weighted by molar-refractivity contribution is 0.669. The lowest BCUT2D eigenvalue weighted by Crippen LogP contribution is -2.11. The molecular formula is C58H39NO. The van der Waals surface area contributed by atoms with Gasteiger partial charge in [-0.25, -0.2) is 0 Å². The van der Waals surface area contributed by atoms with E-state index in [9.17, 15) is 0 Å². The smallest absolute Gasteiger partial charge is 0.136 e. The molecule has 0 N–H and O–H groups in total. The summed E-state index contributed by atoms with van der Waals surface area (Å²) in [7, 11) is 0. The Morgan fingerprint density at radius 2 is 0.750 bits per heavy atom. The topological polar surface area (TPSA) is 16.4 Å². The molecule has 0 aliphatic heterocycles. The first-order chi connectivity index (χ1) is 29.7. The molecule has 60 heavy (non-hydrogen) atoms. The van der Waals surface area contributed by atoms with E-state index in [1.807, 2.05) is 12.1 Å². The molecule has 0 aliphatic carbocycles. The molecule has 11 aromatic rings. The molecular weight excluding hydrogens is 727 g/mol. The zero-order valence-electron chi connectivity index (χ0n) is 32.9. The van der Waals surface area contributed by atoms with Crippen LogP contribution in [-0.4, -0.2) is 0 Å². The highest BCUT2D eigenvalue weighted by atomic mass is 16.3. The maximum atomic E-state index is 6.26. The van der Waals surface area contributed by atoms with Gasteiger partial charge in [-0.05, 0) is 128 Å². The van der Waals surface area contributed by atoms with Gasteiger partial charge in [0.1, 0.15) is 11.2 Å². The van der Waals surface area contributed by atoms with Crippen LogP contribution in [0, 0.1) is 0 Å². The Hall–Kier alpha value is -7.94. The fourth-order valence-electron chi connectivity index (χ4n) is 8.60. The summed E-state index contributed by atoms with van der Waals surface area (Å²) >= 11 is 0. The van der Waals surface area contributed by atoms with E-state index in [0.717, 1.165) is 61.3 Å². The Balaban J connectivity index is 0.987. The SMILES string of the molecule is c1ccc(-c2cccc(-c3ccccc3N(c3ccc(-c4cccc(-c5ccc6ccccc6c5)c4)cc3)c3ccc(-c4ccc5c(c4)oc4ccccc45)cc3)c2)cc1. The van der Waals surface area contributed by atoms with Crippen LogP contribution in [-0.2, 0) is 0 Å². The molecule has 1 heterocycles. The molecule has 0 amide bonds. The van der Waals surface area contributed by atoms with E-state index >= 15 is 0 Å². The zero-order valence-corrected chi connectivity index (χ0v) is 32.9. The van der Waals surface area contributed by atoms with Crippen LogP contribution in [0.2, 0.25) is 0 Å². The third-order valence-corrected chi connectivity index (χ3v) is 11.7. The van der Waals surface area contributed by atoms with Crippen LogP contribution in [0.3, 0.4) is 0 Å². The van der Waals surface area contributed by atoms with Crippen molar-refractivity contribution in [2.24, 2.45) is 0 Å². The zero-order chi connectivity index (χ0) is 39.8. The third kappa shape index (κ3) is 6.61. The summed E-state index contributed by atoms with van der Waals surface area (Å²) < 4.78 is 6.26. The highest BCUT2D eigenvalue weighted by Crippen LogP contribution is 2.43. The minimum atomic E-state index is 0.897. The number of fused-ring (bicyclic) bond motifs is 4. The first-order valence-electron chi connectivity index (χ1n) is 20.5. The average molecular weight is 766 g/mol. The van der Waals surface area contributed by atoms with E-state index in [4.69, 9.17) is 4.42 Å². The van der Waals surface area contributed by atoms with E-state index in [2.05, 4.69) is 229 Å². The maximum Gasteiger partial charge on any atom is 0.136 e.